The second-order valence-electron chi connectivity index (χ2n) is 5.64. The summed E-state index contributed by atoms with van der Waals surface area (Å²) in [4.78, 5) is 14.8. The Morgan fingerprint density at radius 1 is 0.833 bits per heavy atom. The lowest BCUT2D eigenvalue weighted by molar-refractivity contribution is -0.419. The van der Waals surface area contributed by atoms with Crippen molar-refractivity contribution in [1.82, 2.24) is 4.98 Å². The molecule has 1 aromatic heterocycles. The van der Waals surface area contributed by atoms with E-state index in [0.717, 1.165) is 12.1 Å². The molecule has 1 heterocycles. The molecule has 0 saturated heterocycles. The Labute approximate surface area is 156 Å². The maximum Gasteiger partial charge on any atom is 0.460 e. The highest BCUT2D eigenvalue weighted by Gasteiger charge is 2.87. The number of hydrogen-bond donors (Lipinski definition) is 0. The number of rotatable bonds is 5. The molecule has 0 fully saturated rings. The van der Waals surface area contributed by atoms with Gasteiger partial charge in [-0.05, 0) is 12.1 Å². The van der Waals surface area contributed by atoms with E-state index < -0.39 is 53.3 Å². The summed E-state index contributed by atoms with van der Waals surface area (Å²) in [5.74, 6) is -35.0. The van der Waals surface area contributed by atoms with Gasteiger partial charge in [-0.25, -0.2) is 14.2 Å². The number of fused-ring (bicyclic) bond motifs is 1. The van der Waals surface area contributed by atoms with E-state index >= 15 is 0 Å². The highest BCUT2D eigenvalue weighted by atomic mass is 19.4. The quantitative estimate of drug-likeness (QED) is 0.547. The lowest BCUT2D eigenvalue weighted by atomic mass is 9.97. The van der Waals surface area contributed by atoms with Crippen LogP contribution in [0.1, 0.15) is 5.89 Å². The monoisotopic (exact) mass is 459 g/mol. The molecule has 3 nitrogen and oxygen atoms in total. The van der Waals surface area contributed by atoms with Gasteiger partial charge in [-0.15, -0.1) is 0 Å². The Balaban J connectivity index is 2.57. The van der Waals surface area contributed by atoms with Gasteiger partial charge in [-0.1, -0.05) is 12.1 Å². The van der Waals surface area contributed by atoms with Crippen molar-refractivity contribution in [1.29, 1.82) is 0 Å². The molecular formula is C15H5F12NO2. The van der Waals surface area contributed by atoms with E-state index in [2.05, 4.69) is 9.40 Å². The Kier molecular flexibility index (Phi) is 5.42. The molecule has 0 aliphatic rings. The maximum atomic E-state index is 13.7. The molecular weight excluding hydrogens is 454 g/mol. The van der Waals surface area contributed by atoms with Crippen LogP contribution in [-0.2, 0) is 0 Å². The zero-order valence-corrected chi connectivity index (χ0v) is 13.7. The van der Waals surface area contributed by atoms with E-state index in [9.17, 15) is 57.5 Å². The molecule has 0 spiro atoms. The number of allylic oxidation sites excluding steroid dienone is 1. The summed E-state index contributed by atoms with van der Waals surface area (Å²) in [6.45, 7) is 0. The topological polar surface area (TPSA) is 43.1 Å². The van der Waals surface area contributed by atoms with Crippen LogP contribution in [0.2, 0.25) is 0 Å². The zero-order valence-electron chi connectivity index (χ0n) is 13.7. The van der Waals surface area contributed by atoms with E-state index in [1.807, 2.05) is 0 Å². The van der Waals surface area contributed by atoms with Crippen molar-refractivity contribution in [2.75, 3.05) is 0 Å². The van der Waals surface area contributed by atoms with Gasteiger partial charge in [-0.2, -0.15) is 48.3 Å². The summed E-state index contributed by atoms with van der Waals surface area (Å²) in [5.41, 5.74) is -1.71. The molecule has 0 bridgehead atoms. The predicted molar refractivity (Wildman–Crippen MR) is 75.2 cm³/mol. The van der Waals surface area contributed by atoms with Gasteiger partial charge >= 0.3 is 35.5 Å². The summed E-state index contributed by atoms with van der Waals surface area (Å²) in [7, 11) is 0. The van der Waals surface area contributed by atoms with Crippen LogP contribution in [0.3, 0.4) is 0 Å². The average molecular weight is 459 g/mol. The fourth-order valence-electron chi connectivity index (χ4n) is 2.02. The van der Waals surface area contributed by atoms with Crippen LogP contribution in [0.15, 0.2) is 39.3 Å². The Bertz CT molecular complexity index is 1040. The van der Waals surface area contributed by atoms with Crippen LogP contribution in [0, 0.1) is 0 Å². The van der Waals surface area contributed by atoms with Crippen molar-refractivity contribution in [3.63, 3.8) is 0 Å². The van der Waals surface area contributed by atoms with Crippen molar-refractivity contribution >= 4 is 17.0 Å². The summed E-state index contributed by atoms with van der Waals surface area (Å²) in [6.07, 6.45) is -8.19. The van der Waals surface area contributed by atoms with Crippen LogP contribution in [-0.4, -0.2) is 34.9 Å². The smallest absolute Gasteiger partial charge is 0.404 e. The SMILES string of the molecule is O=c1oc(/C=C(\F)C(F)(F)C(F)(F)C(F)(F)C(F)(F)C(F)(F)F)nc2ccccc12. The third-order valence-electron chi connectivity index (χ3n) is 3.64. The Hall–Kier alpha value is -2.74. The molecule has 15 heteroatoms. The molecule has 1 aromatic carbocycles. The minimum atomic E-state index is -7.77. The lowest BCUT2D eigenvalue weighted by Crippen LogP contribution is -2.66. The molecule has 0 amide bonds. The van der Waals surface area contributed by atoms with Crippen molar-refractivity contribution in [2.45, 2.75) is 29.9 Å². The first-order valence-electron chi connectivity index (χ1n) is 7.23. The molecule has 166 valence electrons. The van der Waals surface area contributed by atoms with Crippen molar-refractivity contribution < 1.29 is 57.1 Å². The van der Waals surface area contributed by atoms with Gasteiger partial charge in [0.2, 0.25) is 5.89 Å². The lowest BCUT2D eigenvalue weighted by Gasteiger charge is -2.36. The van der Waals surface area contributed by atoms with E-state index in [1.54, 1.807) is 0 Å². The van der Waals surface area contributed by atoms with Gasteiger partial charge in [0.15, 0.2) is 5.83 Å². The molecule has 0 aliphatic heterocycles. The molecule has 0 N–H and O–H groups in total. The molecule has 0 saturated carbocycles. The first-order chi connectivity index (χ1) is 13.4. The standard InChI is InChI=1S/C15H5F12NO2/c16-8(5-9-28-7-4-2-1-3-6(7)10(29)30-9)11(17,18)12(19,20)13(21,22)14(23,24)15(25,26)27/h1-5H/b8-5-. The molecule has 2 aromatic rings. The average Bonchev–Trinajstić information content (AvgIpc) is 2.60. The molecule has 30 heavy (non-hydrogen) atoms. The van der Waals surface area contributed by atoms with Crippen LogP contribution in [0.5, 0.6) is 0 Å². The molecule has 0 radical (unpaired) electrons. The highest BCUT2D eigenvalue weighted by molar-refractivity contribution is 5.77. The molecule has 0 unspecified atom stereocenters. The van der Waals surface area contributed by atoms with Crippen LogP contribution < -0.4 is 5.63 Å². The second-order valence-corrected chi connectivity index (χ2v) is 5.64. The summed E-state index contributed by atoms with van der Waals surface area (Å²) in [5, 5.41) is -0.288. The highest BCUT2D eigenvalue weighted by Crippen LogP contribution is 2.58. The number of aromatic nitrogens is 1. The largest absolute Gasteiger partial charge is 0.460 e. The number of para-hydroxylation sites is 1. The first kappa shape index (κ1) is 23.5. The van der Waals surface area contributed by atoms with Gasteiger partial charge in [0, 0.05) is 6.08 Å². The van der Waals surface area contributed by atoms with Gasteiger partial charge in [0.25, 0.3) is 0 Å². The van der Waals surface area contributed by atoms with Gasteiger partial charge in [0.1, 0.15) is 0 Å². The van der Waals surface area contributed by atoms with Crippen molar-refractivity contribution in [2.24, 2.45) is 0 Å². The number of halogens is 12. The Morgan fingerprint density at radius 2 is 1.37 bits per heavy atom. The van der Waals surface area contributed by atoms with E-state index in [4.69, 9.17) is 0 Å². The molecule has 0 atom stereocenters. The molecule has 2 rings (SSSR count). The summed E-state index contributed by atoms with van der Waals surface area (Å²) >= 11 is 0. The second kappa shape index (κ2) is 6.91. The number of nitrogens with zero attached hydrogens (tertiary/aromatic N) is 1. The van der Waals surface area contributed by atoms with E-state index in [-0.39, 0.29) is 10.9 Å². The van der Waals surface area contributed by atoms with Crippen molar-refractivity contribution in [3.8, 4) is 0 Å². The van der Waals surface area contributed by atoms with Crippen LogP contribution >= 0.6 is 0 Å². The van der Waals surface area contributed by atoms with Gasteiger partial charge in [0.05, 0.1) is 10.9 Å². The fraction of sp³-hybridized carbons (Fsp3) is 0.333. The number of alkyl halides is 11. The minimum Gasteiger partial charge on any atom is -0.404 e. The molecule has 0 aliphatic carbocycles. The third-order valence-corrected chi connectivity index (χ3v) is 3.64. The minimum absolute atomic E-state index is 0.288. The van der Waals surface area contributed by atoms with E-state index in [1.165, 1.54) is 12.1 Å². The van der Waals surface area contributed by atoms with Gasteiger partial charge < -0.3 is 4.42 Å². The maximum absolute atomic E-state index is 13.7. The normalized spacial score (nSPS) is 15.0. The van der Waals surface area contributed by atoms with E-state index in [0.29, 0.717) is 0 Å². The zero-order chi connectivity index (χ0) is 23.3. The fourth-order valence-corrected chi connectivity index (χ4v) is 2.02. The van der Waals surface area contributed by atoms with Crippen molar-refractivity contribution in [3.05, 3.63) is 46.4 Å². The predicted octanol–water partition coefficient (Wildman–Crippen LogP) is 5.60. The van der Waals surface area contributed by atoms with Gasteiger partial charge in [-0.3, -0.25) is 0 Å². The number of hydrogen-bond acceptors (Lipinski definition) is 3. The number of benzene rings is 1. The third kappa shape index (κ3) is 3.39. The summed E-state index contributed by atoms with van der Waals surface area (Å²) in [6, 6.07) is 4.67. The van der Waals surface area contributed by atoms with Crippen LogP contribution in [0.25, 0.3) is 17.0 Å². The van der Waals surface area contributed by atoms with Crippen LogP contribution in [0.4, 0.5) is 52.7 Å². The Morgan fingerprint density at radius 3 is 1.90 bits per heavy atom. The summed E-state index contributed by atoms with van der Waals surface area (Å²) < 4.78 is 160. The first-order valence-corrected chi connectivity index (χ1v) is 7.23.